The summed E-state index contributed by atoms with van der Waals surface area (Å²) in [6.45, 7) is 4.98. The van der Waals surface area contributed by atoms with Crippen LogP contribution in [0.25, 0.3) is 0 Å². The molecule has 174 valence electrons. The van der Waals surface area contributed by atoms with Gasteiger partial charge in [0.1, 0.15) is 23.3 Å². The molecule has 0 N–H and O–H groups in total. The van der Waals surface area contributed by atoms with Gasteiger partial charge < -0.3 is 14.5 Å². The number of anilines is 1. The molecule has 1 aliphatic rings. The number of likely N-dealkylation sites (tertiary alicyclic amines) is 1. The first-order chi connectivity index (χ1) is 15.8. The van der Waals surface area contributed by atoms with Crippen molar-refractivity contribution >= 4 is 18.2 Å². The lowest BCUT2D eigenvalue weighted by molar-refractivity contribution is -0.108. The van der Waals surface area contributed by atoms with Crippen molar-refractivity contribution < 1.29 is 23.1 Å². The number of ether oxygens (including phenoxy) is 1. The van der Waals surface area contributed by atoms with Gasteiger partial charge in [0.25, 0.3) is 0 Å². The van der Waals surface area contributed by atoms with Crippen LogP contribution in [0.15, 0.2) is 42.5 Å². The molecule has 1 heterocycles. The van der Waals surface area contributed by atoms with Gasteiger partial charge in [0.2, 0.25) is 6.41 Å². The van der Waals surface area contributed by atoms with Crippen molar-refractivity contribution in [2.75, 3.05) is 18.0 Å². The summed E-state index contributed by atoms with van der Waals surface area (Å²) >= 11 is 0. The Morgan fingerprint density at radius 3 is 2.45 bits per heavy atom. The molecule has 0 radical (unpaired) electrons. The van der Waals surface area contributed by atoms with Gasteiger partial charge in [0.05, 0.1) is 0 Å². The van der Waals surface area contributed by atoms with E-state index < -0.39 is 11.9 Å². The van der Waals surface area contributed by atoms with Crippen LogP contribution in [0, 0.1) is 34.8 Å². The molecule has 0 aliphatic carbocycles. The van der Waals surface area contributed by atoms with Crippen LogP contribution in [0.5, 0.6) is 5.75 Å². The first-order valence-corrected chi connectivity index (χ1v) is 11.0. The lowest BCUT2D eigenvalue weighted by atomic mass is 9.84. The molecular weight excluding hydrogens is 428 g/mol. The van der Waals surface area contributed by atoms with Crippen LogP contribution in [-0.4, -0.2) is 36.5 Å². The molecule has 6 nitrogen and oxygen atoms in total. The molecule has 1 aliphatic heterocycles. The van der Waals surface area contributed by atoms with E-state index in [0.29, 0.717) is 37.5 Å². The average Bonchev–Trinajstić information content (AvgIpc) is 2.80. The number of hydrogen-bond acceptors (Lipinski definition) is 4. The van der Waals surface area contributed by atoms with Gasteiger partial charge in [-0.05, 0) is 67.5 Å². The van der Waals surface area contributed by atoms with E-state index in [1.54, 1.807) is 23.1 Å². The third-order valence-corrected chi connectivity index (χ3v) is 5.93. The molecule has 2 aromatic rings. The molecule has 1 atom stereocenters. The van der Waals surface area contributed by atoms with Crippen molar-refractivity contribution in [3.8, 4) is 11.8 Å². The molecular formula is C25H27F2N3O3. The first kappa shape index (κ1) is 24.2. The average molecular weight is 456 g/mol. The summed E-state index contributed by atoms with van der Waals surface area (Å²) in [5, 5.41) is 9.13. The lowest BCUT2D eigenvalue weighted by Crippen LogP contribution is -2.47. The number of nitriles is 1. The van der Waals surface area contributed by atoms with Crippen LogP contribution in [0.3, 0.4) is 0 Å². The minimum absolute atomic E-state index is 0.0976. The predicted molar refractivity (Wildman–Crippen MR) is 120 cm³/mol. The van der Waals surface area contributed by atoms with Crippen molar-refractivity contribution in [2.45, 2.75) is 39.2 Å². The Morgan fingerprint density at radius 1 is 1.21 bits per heavy atom. The van der Waals surface area contributed by atoms with E-state index in [-0.39, 0.29) is 29.1 Å². The zero-order chi connectivity index (χ0) is 24.0. The monoisotopic (exact) mass is 455 g/mol. The molecule has 0 aromatic heterocycles. The summed E-state index contributed by atoms with van der Waals surface area (Å²) in [6, 6.07) is 11.4. The van der Waals surface area contributed by atoms with Crippen molar-refractivity contribution in [3.05, 3.63) is 59.7 Å². The quantitative estimate of drug-likeness (QED) is 0.543. The molecule has 33 heavy (non-hydrogen) atoms. The number of amides is 2. The Morgan fingerprint density at radius 2 is 1.88 bits per heavy atom. The van der Waals surface area contributed by atoms with E-state index in [1.165, 1.54) is 29.2 Å². The number of rotatable bonds is 7. The summed E-state index contributed by atoms with van der Waals surface area (Å²) in [6.07, 6.45) is 2.20. The zero-order valence-corrected chi connectivity index (χ0v) is 18.7. The molecule has 0 bridgehead atoms. The first-order valence-electron chi connectivity index (χ1n) is 11.0. The Labute approximate surface area is 192 Å². The maximum absolute atomic E-state index is 13.8. The highest BCUT2D eigenvalue weighted by Crippen LogP contribution is 2.31. The smallest absolute Gasteiger partial charge is 0.409 e. The van der Waals surface area contributed by atoms with Gasteiger partial charge in [-0.2, -0.15) is 5.26 Å². The van der Waals surface area contributed by atoms with Crippen molar-refractivity contribution in [2.24, 2.45) is 11.8 Å². The number of benzene rings is 2. The summed E-state index contributed by atoms with van der Waals surface area (Å²) in [5.41, 5.74) is 0.327. The maximum atomic E-state index is 13.8. The number of piperidine rings is 1. The summed E-state index contributed by atoms with van der Waals surface area (Å²) < 4.78 is 32.4. The van der Waals surface area contributed by atoms with Crippen LogP contribution >= 0.6 is 0 Å². The second kappa shape index (κ2) is 10.9. The molecule has 1 unspecified atom stereocenters. The van der Waals surface area contributed by atoms with Crippen molar-refractivity contribution in [1.29, 1.82) is 5.26 Å². The largest absolute Gasteiger partial charge is 0.415 e. The fraction of sp³-hybridized carbons (Fsp3) is 0.400. The van der Waals surface area contributed by atoms with E-state index in [0.717, 1.165) is 18.9 Å². The van der Waals surface area contributed by atoms with Crippen molar-refractivity contribution in [3.63, 3.8) is 0 Å². The molecule has 3 rings (SSSR count). The fourth-order valence-corrected chi connectivity index (χ4v) is 4.28. The van der Waals surface area contributed by atoms with E-state index in [4.69, 9.17) is 10.00 Å². The third kappa shape index (κ3) is 5.86. The van der Waals surface area contributed by atoms with Crippen LogP contribution in [-0.2, 0) is 4.79 Å². The van der Waals surface area contributed by atoms with Gasteiger partial charge in [-0.25, -0.2) is 13.6 Å². The standard InChI is InChI=1S/C25H27F2N3O3/c1-17(2)14-23(30(16-31)20-8-6-19(26)7-9-20)18-10-12-29(13-11-18)25(32)33-24-5-3-4-22(27)21(24)15-28/h3-9,16-18,23H,10-14H2,1-2H3. The highest BCUT2D eigenvalue weighted by molar-refractivity contribution is 5.76. The lowest BCUT2D eigenvalue weighted by Gasteiger charge is -2.40. The molecule has 2 aromatic carbocycles. The van der Waals surface area contributed by atoms with Gasteiger partial charge >= 0.3 is 6.09 Å². The third-order valence-electron chi connectivity index (χ3n) is 5.93. The molecule has 1 fully saturated rings. The van der Waals surface area contributed by atoms with E-state index in [1.807, 2.05) is 0 Å². The molecule has 0 spiro atoms. The normalized spacial score (nSPS) is 15.1. The van der Waals surface area contributed by atoms with Crippen LogP contribution in [0.2, 0.25) is 0 Å². The zero-order valence-electron chi connectivity index (χ0n) is 18.7. The van der Waals surface area contributed by atoms with E-state index in [9.17, 15) is 18.4 Å². The topological polar surface area (TPSA) is 73.6 Å². The Balaban J connectivity index is 1.69. The Hall–Kier alpha value is -3.47. The summed E-state index contributed by atoms with van der Waals surface area (Å²) in [4.78, 5) is 27.8. The number of carbonyl (C=O) groups is 2. The fourth-order valence-electron chi connectivity index (χ4n) is 4.28. The Kier molecular flexibility index (Phi) is 7.99. The minimum atomic E-state index is -0.743. The van der Waals surface area contributed by atoms with E-state index in [2.05, 4.69) is 13.8 Å². The van der Waals surface area contributed by atoms with Crippen LogP contribution in [0.1, 0.15) is 38.7 Å². The number of halogens is 2. The highest BCUT2D eigenvalue weighted by Gasteiger charge is 2.33. The Bertz CT molecular complexity index is 1010. The van der Waals surface area contributed by atoms with Crippen LogP contribution in [0.4, 0.5) is 19.3 Å². The summed E-state index contributed by atoms with van der Waals surface area (Å²) in [7, 11) is 0. The maximum Gasteiger partial charge on any atom is 0.415 e. The second-order valence-corrected chi connectivity index (χ2v) is 8.60. The van der Waals surface area contributed by atoms with Crippen LogP contribution < -0.4 is 9.64 Å². The second-order valence-electron chi connectivity index (χ2n) is 8.60. The molecule has 8 heteroatoms. The van der Waals surface area contributed by atoms with Gasteiger partial charge in [0, 0.05) is 24.8 Å². The molecule has 2 amide bonds. The van der Waals surface area contributed by atoms with Gasteiger partial charge in [-0.3, -0.25) is 4.79 Å². The SMILES string of the molecule is CC(C)CC(C1CCN(C(=O)Oc2cccc(F)c2C#N)CC1)N(C=O)c1ccc(F)cc1. The van der Waals surface area contributed by atoms with Gasteiger partial charge in [-0.1, -0.05) is 19.9 Å². The number of hydrogen-bond donors (Lipinski definition) is 0. The summed E-state index contributed by atoms with van der Waals surface area (Å²) in [5.74, 6) is -0.748. The highest BCUT2D eigenvalue weighted by atomic mass is 19.1. The number of nitrogens with zero attached hydrogens (tertiary/aromatic N) is 3. The van der Waals surface area contributed by atoms with Gasteiger partial charge in [0.15, 0.2) is 5.75 Å². The number of carbonyl (C=O) groups excluding carboxylic acids is 2. The van der Waals surface area contributed by atoms with E-state index >= 15 is 0 Å². The molecule has 1 saturated heterocycles. The predicted octanol–water partition coefficient (Wildman–Crippen LogP) is 5.12. The van der Waals surface area contributed by atoms with Crippen molar-refractivity contribution in [1.82, 2.24) is 4.90 Å². The molecule has 0 saturated carbocycles. The van der Waals surface area contributed by atoms with Gasteiger partial charge in [-0.15, -0.1) is 0 Å². The minimum Gasteiger partial charge on any atom is -0.409 e.